The lowest BCUT2D eigenvalue weighted by atomic mass is 9.99. The molecular weight excluding hydrogens is 322 g/mol. The van der Waals surface area contributed by atoms with Crippen molar-refractivity contribution in [2.75, 3.05) is 33.4 Å². The van der Waals surface area contributed by atoms with Crippen molar-refractivity contribution >= 4 is 16.0 Å². The highest BCUT2D eigenvalue weighted by Crippen LogP contribution is 2.29. The smallest absolute Gasteiger partial charge is 0.306 e. The van der Waals surface area contributed by atoms with Crippen LogP contribution in [0, 0.1) is 5.92 Å². The Bertz CT molecular complexity index is 637. The standard InChI is InChI=1S/C15H21NO6S/c1-21-10-11-22-13-4-2-3-5-14(13)23(19,20)16-8-6-12(7-9-16)15(17)18/h2-5,12H,6-11H2,1H3,(H,17,18). The summed E-state index contributed by atoms with van der Waals surface area (Å²) in [6.07, 6.45) is 0.641. The minimum atomic E-state index is -3.70. The molecule has 1 N–H and O–H groups in total. The number of para-hydroxylation sites is 1. The highest BCUT2D eigenvalue weighted by Gasteiger charge is 2.33. The van der Waals surface area contributed by atoms with E-state index in [1.165, 1.54) is 10.4 Å². The first-order valence-corrected chi connectivity index (χ1v) is 8.84. The van der Waals surface area contributed by atoms with Gasteiger partial charge in [0.05, 0.1) is 12.5 Å². The van der Waals surface area contributed by atoms with Gasteiger partial charge in [0, 0.05) is 20.2 Å². The van der Waals surface area contributed by atoms with E-state index in [9.17, 15) is 13.2 Å². The molecule has 0 saturated carbocycles. The third-order valence-electron chi connectivity index (χ3n) is 3.82. The number of hydrogen-bond acceptors (Lipinski definition) is 5. The van der Waals surface area contributed by atoms with Crippen LogP contribution in [0.15, 0.2) is 29.2 Å². The van der Waals surface area contributed by atoms with E-state index in [0.717, 1.165) is 0 Å². The molecule has 0 radical (unpaired) electrons. The van der Waals surface area contributed by atoms with Crippen LogP contribution in [0.2, 0.25) is 0 Å². The van der Waals surface area contributed by atoms with Crippen molar-refractivity contribution in [3.63, 3.8) is 0 Å². The first-order chi connectivity index (χ1) is 11.0. The van der Waals surface area contributed by atoms with Crippen LogP contribution < -0.4 is 4.74 Å². The van der Waals surface area contributed by atoms with E-state index in [0.29, 0.717) is 19.4 Å². The number of piperidine rings is 1. The van der Waals surface area contributed by atoms with Crippen molar-refractivity contribution in [2.45, 2.75) is 17.7 Å². The molecule has 1 heterocycles. The third-order valence-corrected chi connectivity index (χ3v) is 5.75. The molecule has 0 amide bonds. The van der Waals surface area contributed by atoms with Gasteiger partial charge in [0.2, 0.25) is 10.0 Å². The van der Waals surface area contributed by atoms with Gasteiger partial charge in [0.25, 0.3) is 0 Å². The minimum Gasteiger partial charge on any atom is -0.490 e. The molecule has 0 aliphatic carbocycles. The Morgan fingerprint density at radius 3 is 2.52 bits per heavy atom. The Labute approximate surface area is 135 Å². The Kier molecular flexibility index (Phi) is 5.97. The van der Waals surface area contributed by atoms with Gasteiger partial charge in [0.15, 0.2) is 0 Å². The maximum Gasteiger partial charge on any atom is 0.306 e. The maximum atomic E-state index is 12.8. The van der Waals surface area contributed by atoms with Gasteiger partial charge in [-0.25, -0.2) is 8.42 Å². The second kappa shape index (κ2) is 7.76. The maximum absolute atomic E-state index is 12.8. The van der Waals surface area contributed by atoms with Crippen molar-refractivity contribution in [2.24, 2.45) is 5.92 Å². The summed E-state index contributed by atoms with van der Waals surface area (Å²) in [6, 6.07) is 6.45. The van der Waals surface area contributed by atoms with Crippen LogP contribution in [0.3, 0.4) is 0 Å². The molecule has 0 aromatic heterocycles. The van der Waals surface area contributed by atoms with E-state index < -0.39 is 21.9 Å². The Morgan fingerprint density at radius 1 is 1.26 bits per heavy atom. The zero-order chi connectivity index (χ0) is 16.9. The number of benzene rings is 1. The van der Waals surface area contributed by atoms with Crippen molar-refractivity contribution in [1.29, 1.82) is 0 Å². The van der Waals surface area contributed by atoms with Crippen LogP contribution in [0.1, 0.15) is 12.8 Å². The highest BCUT2D eigenvalue weighted by atomic mass is 32.2. The number of carboxylic acid groups (broad SMARTS) is 1. The van der Waals surface area contributed by atoms with E-state index in [1.54, 1.807) is 25.3 Å². The summed E-state index contributed by atoms with van der Waals surface area (Å²) in [6.45, 7) is 1.01. The molecule has 0 bridgehead atoms. The number of carbonyl (C=O) groups is 1. The summed E-state index contributed by atoms with van der Waals surface area (Å²) in [4.78, 5) is 11.1. The first kappa shape index (κ1) is 17.7. The fraction of sp³-hybridized carbons (Fsp3) is 0.533. The van der Waals surface area contributed by atoms with Gasteiger partial charge in [-0.2, -0.15) is 4.31 Å². The molecule has 0 unspecified atom stereocenters. The summed E-state index contributed by atoms with van der Waals surface area (Å²) in [5, 5.41) is 9.01. The molecule has 0 spiro atoms. The van der Waals surface area contributed by atoms with Gasteiger partial charge in [-0.15, -0.1) is 0 Å². The van der Waals surface area contributed by atoms with Crippen molar-refractivity contribution in [1.82, 2.24) is 4.31 Å². The molecule has 1 aromatic rings. The molecule has 1 aliphatic heterocycles. The summed E-state index contributed by atoms with van der Waals surface area (Å²) in [7, 11) is -2.16. The van der Waals surface area contributed by atoms with Gasteiger partial charge >= 0.3 is 5.97 Å². The minimum absolute atomic E-state index is 0.102. The normalized spacial score (nSPS) is 17.1. The van der Waals surface area contributed by atoms with E-state index in [2.05, 4.69) is 0 Å². The Morgan fingerprint density at radius 2 is 1.91 bits per heavy atom. The van der Waals surface area contributed by atoms with Crippen LogP contribution in [-0.2, 0) is 19.6 Å². The summed E-state index contributed by atoms with van der Waals surface area (Å²) in [5.41, 5.74) is 0. The van der Waals surface area contributed by atoms with Crippen LogP contribution in [-0.4, -0.2) is 57.2 Å². The fourth-order valence-electron chi connectivity index (χ4n) is 2.50. The Hall–Kier alpha value is -1.64. The molecule has 1 fully saturated rings. The van der Waals surface area contributed by atoms with Crippen molar-refractivity contribution in [3.8, 4) is 5.75 Å². The van der Waals surface area contributed by atoms with Crippen molar-refractivity contribution < 1.29 is 27.8 Å². The van der Waals surface area contributed by atoms with Gasteiger partial charge in [0.1, 0.15) is 17.3 Å². The number of rotatable bonds is 7. The van der Waals surface area contributed by atoms with Gasteiger partial charge < -0.3 is 14.6 Å². The average Bonchev–Trinajstić information content (AvgIpc) is 2.55. The molecule has 1 aliphatic rings. The predicted octanol–water partition coefficient (Wildman–Crippen LogP) is 1.20. The number of ether oxygens (including phenoxy) is 2. The zero-order valence-corrected chi connectivity index (χ0v) is 13.8. The third kappa shape index (κ3) is 4.21. The zero-order valence-electron chi connectivity index (χ0n) is 13.0. The van der Waals surface area contributed by atoms with Gasteiger partial charge in [-0.1, -0.05) is 12.1 Å². The first-order valence-electron chi connectivity index (χ1n) is 7.40. The molecule has 8 heteroatoms. The lowest BCUT2D eigenvalue weighted by molar-refractivity contribution is -0.142. The number of nitrogens with zero attached hydrogens (tertiary/aromatic N) is 1. The molecule has 1 saturated heterocycles. The van der Waals surface area contributed by atoms with Crippen LogP contribution in [0.5, 0.6) is 5.75 Å². The molecule has 1 aromatic carbocycles. The summed E-state index contributed by atoms with van der Waals surface area (Å²) in [5.74, 6) is -1.06. The lowest BCUT2D eigenvalue weighted by Crippen LogP contribution is -2.40. The fourth-order valence-corrected chi connectivity index (χ4v) is 4.10. The molecule has 7 nitrogen and oxygen atoms in total. The molecule has 23 heavy (non-hydrogen) atoms. The number of sulfonamides is 1. The quantitative estimate of drug-likeness (QED) is 0.748. The van der Waals surface area contributed by atoms with E-state index >= 15 is 0 Å². The van der Waals surface area contributed by atoms with Crippen LogP contribution >= 0.6 is 0 Å². The topological polar surface area (TPSA) is 93.1 Å². The number of carboxylic acids is 1. The predicted molar refractivity (Wildman–Crippen MR) is 82.9 cm³/mol. The largest absolute Gasteiger partial charge is 0.490 e. The number of hydrogen-bond donors (Lipinski definition) is 1. The average molecular weight is 343 g/mol. The lowest BCUT2D eigenvalue weighted by Gasteiger charge is -2.29. The summed E-state index contributed by atoms with van der Waals surface area (Å²) < 4.78 is 37.3. The second-order valence-electron chi connectivity index (χ2n) is 5.30. The Balaban J connectivity index is 2.15. The van der Waals surface area contributed by atoms with Crippen LogP contribution in [0.25, 0.3) is 0 Å². The molecule has 0 atom stereocenters. The van der Waals surface area contributed by atoms with Gasteiger partial charge in [-0.3, -0.25) is 4.79 Å². The molecule has 128 valence electrons. The SMILES string of the molecule is COCCOc1ccccc1S(=O)(=O)N1CCC(C(=O)O)CC1. The summed E-state index contributed by atoms with van der Waals surface area (Å²) >= 11 is 0. The van der Waals surface area contributed by atoms with Crippen molar-refractivity contribution in [3.05, 3.63) is 24.3 Å². The van der Waals surface area contributed by atoms with Crippen LogP contribution in [0.4, 0.5) is 0 Å². The highest BCUT2D eigenvalue weighted by molar-refractivity contribution is 7.89. The monoisotopic (exact) mass is 343 g/mol. The molecular formula is C15H21NO6S. The van der Waals surface area contributed by atoms with E-state index in [1.807, 2.05) is 0 Å². The number of aliphatic carboxylic acids is 1. The van der Waals surface area contributed by atoms with Gasteiger partial charge in [-0.05, 0) is 25.0 Å². The molecule has 2 rings (SSSR count). The second-order valence-corrected chi connectivity index (χ2v) is 7.21. The van der Waals surface area contributed by atoms with E-state index in [-0.39, 0.29) is 30.3 Å². The van der Waals surface area contributed by atoms with E-state index in [4.69, 9.17) is 14.6 Å². The number of methoxy groups -OCH3 is 1.